The SMILES string of the molecule is CCC(O)(CC)C1(CN)CCC1. The molecule has 2 heteroatoms. The zero-order valence-corrected chi connectivity index (χ0v) is 8.27. The van der Waals surface area contributed by atoms with Gasteiger partial charge in [0.2, 0.25) is 0 Å². The van der Waals surface area contributed by atoms with Crippen molar-refractivity contribution < 1.29 is 5.11 Å². The summed E-state index contributed by atoms with van der Waals surface area (Å²) < 4.78 is 0. The molecule has 0 aromatic heterocycles. The molecule has 0 spiro atoms. The van der Waals surface area contributed by atoms with E-state index in [-0.39, 0.29) is 5.41 Å². The van der Waals surface area contributed by atoms with Crippen LogP contribution in [-0.4, -0.2) is 17.3 Å². The summed E-state index contributed by atoms with van der Waals surface area (Å²) in [4.78, 5) is 0. The minimum Gasteiger partial charge on any atom is -0.389 e. The standard InChI is InChI=1S/C10H21NO/c1-3-10(12,4-2)9(8-11)6-5-7-9/h12H,3-8,11H2,1-2H3. The highest BCUT2D eigenvalue weighted by atomic mass is 16.3. The topological polar surface area (TPSA) is 46.2 Å². The van der Waals surface area contributed by atoms with Gasteiger partial charge < -0.3 is 10.8 Å². The first-order valence-corrected chi connectivity index (χ1v) is 5.06. The molecular formula is C10H21NO. The van der Waals surface area contributed by atoms with Crippen LogP contribution >= 0.6 is 0 Å². The number of rotatable bonds is 4. The van der Waals surface area contributed by atoms with Gasteiger partial charge in [-0.25, -0.2) is 0 Å². The van der Waals surface area contributed by atoms with E-state index in [1.54, 1.807) is 0 Å². The van der Waals surface area contributed by atoms with Gasteiger partial charge in [0, 0.05) is 12.0 Å². The molecule has 72 valence electrons. The van der Waals surface area contributed by atoms with E-state index in [0.717, 1.165) is 25.7 Å². The third kappa shape index (κ3) is 1.17. The molecule has 1 aliphatic carbocycles. The van der Waals surface area contributed by atoms with Crippen LogP contribution in [0.1, 0.15) is 46.0 Å². The Bertz CT molecular complexity index is 132. The zero-order valence-electron chi connectivity index (χ0n) is 8.27. The van der Waals surface area contributed by atoms with Crippen LogP contribution in [0.25, 0.3) is 0 Å². The van der Waals surface area contributed by atoms with Gasteiger partial charge in [-0.15, -0.1) is 0 Å². The normalized spacial score (nSPS) is 22.0. The molecule has 0 bridgehead atoms. The second-order valence-corrected chi connectivity index (χ2v) is 4.08. The largest absolute Gasteiger partial charge is 0.389 e. The summed E-state index contributed by atoms with van der Waals surface area (Å²) in [6.07, 6.45) is 5.13. The Labute approximate surface area is 75.2 Å². The monoisotopic (exact) mass is 171 g/mol. The molecule has 0 saturated heterocycles. The van der Waals surface area contributed by atoms with Gasteiger partial charge in [-0.3, -0.25) is 0 Å². The van der Waals surface area contributed by atoms with Crippen LogP contribution in [0, 0.1) is 5.41 Å². The van der Waals surface area contributed by atoms with Crippen molar-refractivity contribution in [1.82, 2.24) is 0 Å². The highest BCUT2D eigenvalue weighted by Gasteiger charge is 2.50. The Balaban J connectivity index is 2.74. The molecule has 2 nitrogen and oxygen atoms in total. The van der Waals surface area contributed by atoms with Crippen molar-refractivity contribution in [3.8, 4) is 0 Å². The Kier molecular flexibility index (Phi) is 2.79. The zero-order chi connectivity index (χ0) is 9.24. The number of hydrogen-bond donors (Lipinski definition) is 2. The van der Waals surface area contributed by atoms with Crippen molar-refractivity contribution in [1.29, 1.82) is 0 Å². The van der Waals surface area contributed by atoms with Gasteiger partial charge in [0.25, 0.3) is 0 Å². The molecule has 1 rings (SSSR count). The molecule has 0 aliphatic heterocycles. The minimum atomic E-state index is -0.500. The number of aliphatic hydroxyl groups is 1. The molecule has 0 unspecified atom stereocenters. The van der Waals surface area contributed by atoms with Gasteiger partial charge in [0.1, 0.15) is 0 Å². The average Bonchev–Trinajstić information content (AvgIpc) is 2.03. The first-order valence-electron chi connectivity index (χ1n) is 5.06. The van der Waals surface area contributed by atoms with Crippen LogP contribution in [-0.2, 0) is 0 Å². The van der Waals surface area contributed by atoms with E-state index >= 15 is 0 Å². The molecule has 1 fully saturated rings. The van der Waals surface area contributed by atoms with Crippen molar-refractivity contribution in [2.24, 2.45) is 11.1 Å². The highest BCUT2D eigenvalue weighted by molar-refractivity contribution is 5.03. The van der Waals surface area contributed by atoms with E-state index in [1.807, 2.05) is 0 Å². The summed E-state index contributed by atoms with van der Waals surface area (Å²) in [6.45, 7) is 4.75. The van der Waals surface area contributed by atoms with E-state index in [1.165, 1.54) is 6.42 Å². The predicted molar refractivity (Wildman–Crippen MR) is 50.9 cm³/mol. The summed E-state index contributed by atoms with van der Waals surface area (Å²) in [6, 6.07) is 0. The van der Waals surface area contributed by atoms with Crippen LogP contribution in [0.15, 0.2) is 0 Å². The van der Waals surface area contributed by atoms with E-state index in [4.69, 9.17) is 5.73 Å². The summed E-state index contributed by atoms with van der Waals surface area (Å²) in [7, 11) is 0. The van der Waals surface area contributed by atoms with Crippen LogP contribution in [0.5, 0.6) is 0 Å². The highest BCUT2D eigenvalue weighted by Crippen LogP contribution is 2.51. The predicted octanol–water partition coefficient (Wildman–Crippen LogP) is 1.67. The van der Waals surface area contributed by atoms with Gasteiger partial charge in [0.15, 0.2) is 0 Å². The smallest absolute Gasteiger partial charge is 0.0710 e. The third-order valence-corrected chi connectivity index (χ3v) is 3.86. The van der Waals surface area contributed by atoms with Gasteiger partial charge in [0.05, 0.1) is 5.60 Å². The van der Waals surface area contributed by atoms with E-state index < -0.39 is 5.60 Å². The van der Waals surface area contributed by atoms with Gasteiger partial charge in [-0.2, -0.15) is 0 Å². The Hall–Kier alpha value is -0.0800. The lowest BCUT2D eigenvalue weighted by Crippen LogP contribution is -2.56. The van der Waals surface area contributed by atoms with Crippen LogP contribution in [0.3, 0.4) is 0 Å². The van der Waals surface area contributed by atoms with Gasteiger partial charge >= 0.3 is 0 Å². The molecule has 1 saturated carbocycles. The fourth-order valence-electron chi connectivity index (χ4n) is 2.46. The van der Waals surface area contributed by atoms with Crippen molar-refractivity contribution in [2.45, 2.75) is 51.6 Å². The number of hydrogen-bond acceptors (Lipinski definition) is 2. The first kappa shape index (κ1) is 10.0. The molecular weight excluding hydrogens is 150 g/mol. The molecule has 0 atom stereocenters. The molecule has 0 aromatic carbocycles. The fraction of sp³-hybridized carbons (Fsp3) is 1.00. The molecule has 3 N–H and O–H groups in total. The summed E-state index contributed by atoms with van der Waals surface area (Å²) in [5, 5.41) is 10.3. The van der Waals surface area contributed by atoms with Crippen molar-refractivity contribution >= 4 is 0 Å². The fourth-order valence-corrected chi connectivity index (χ4v) is 2.46. The molecule has 12 heavy (non-hydrogen) atoms. The van der Waals surface area contributed by atoms with Crippen molar-refractivity contribution in [3.05, 3.63) is 0 Å². The Morgan fingerprint density at radius 1 is 1.33 bits per heavy atom. The maximum atomic E-state index is 10.3. The number of nitrogens with two attached hydrogens (primary N) is 1. The lowest BCUT2D eigenvalue weighted by atomic mass is 9.57. The van der Waals surface area contributed by atoms with Crippen LogP contribution < -0.4 is 5.73 Å². The van der Waals surface area contributed by atoms with Crippen molar-refractivity contribution in [2.75, 3.05) is 6.54 Å². The average molecular weight is 171 g/mol. The molecule has 0 radical (unpaired) electrons. The second kappa shape index (κ2) is 3.35. The van der Waals surface area contributed by atoms with E-state index in [2.05, 4.69) is 13.8 Å². The maximum absolute atomic E-state index is 10.3. The molecule has 0 aromatic rings. The summed E-state index contributed by atoms with van der Waals surface area (Å²) in [5.74, 6) is 0. The van der Waals surface area contributed by atoms with Crippen molar-refractivity contribution in [3.63, 3.8) is 0 Å². The molecule has 0 heterocycles. The molecule has 1 aliphatic rings. The third-order valence-electron chi connectivity index (χ3n) is 3.86. The lowest BCUT2D eigenvalue weighted by Gasteiger charge is -2.52. The molecule has 0 amide bonds. The van der Waals surface area contributed by atoms with E-state index in [0.29, 0.717) is 6.54 Å². The van der Waals surface area contributed by atoms with Gasteiger partial charge in [-0.05, 0) is 25.7 Å². The Morgan fingerprint density at radius 2 is 1.83 bits per heavy atom. The lowest BCUT2D eigenvalue weighted by molar-refractivity contribution is -0.127. The quantitative estimate of drug-likeness (QED) is 0.676. The maximum Gasteiger partial charge on any atom is 0.0710 e. The minimum absolute atomic E-state index is 0.0521. The summed E-state index contributed by atoms with van der Waals surface area (Å²) >= 11 is 0. The van der Waals surface area contributed by atoms with Crippen LogP contribution in [0.4, 0.5) is 0 Å². The van der Waals surface area contributed by atoms with E-state index in [9.17, 15) is 5.11 Å². The Morgan fingerprint density at radius 3 is 1.92 bits per heavy atom. The second-order valence-electron chi connectivity index (χ2n) is 4.08. The first-order chi connectivity index (χ1) is 5.64. The summed E-state index contributed by atoms with van der Waals surface area (Å²) in [5.41, 5.74) is 5.30. The van der Waals surface area contributed by atoms with Gasteiger partial charge in [-0.1, -0.05) is 20.3 Å². The van der Waals surface area contributed by atoms with Crippen LogP contribution in [0.2, 0.25) is 0 Å².